The third-order valence-electron chi connectivity index (χ3n) is 5.60. The van der Waals surface area contributed by atoms with Crippen molar-refractivity contribution in [2.75, 3.05) is 6.54 Å². The molecule has 1 aliphatic carbocycles. The first-order valence-electron chi connectivity index (χ1n) is 9.51. The molecule has 4 amide bonds. The van der Waals surface area contributed by atoms with E-state index in [-0.39, 0.29) is 19.0 Å². The number of aliphatic hydroxyl groups is 1. The molecule has 1 saturated carbocycles. The van der Waals surface area contributed by atoms with Crippen LogP contribution in [0.3, 0.4) is 0 Å². The smallest absolute Gasteiger partial charge is 0.325 e. The van der Waals surface area contributed by atoms with Crippen LogP contribution in [0.4, 0.5) is 4.79 Å². The van der Waals surface area contributed by atoms with E-state index in [4.69, 9.17) is 0 Å². The number of β-amino-alcohol motifs (C(OH)–C–C–N with tert-alkyl or cyclic N) is 1. The van der Waals surface area contributed by atoms with Crippen LogP contribution >= 0.6 is 0 Å². The Morgan fingerprint density at radius 3 is 2.52 bits per heavy atom. The number of urea groups is 1. The molecule has 2 aliphatic rings. The minimum absolute atomic E-state index is 0.281. The lowest BCUT2D eigenvalue weighted by molar-refractivity contribution is -0.142. The van der Waals surface area contributed by atoms with Crippen LogP contribution in [0.25, 0.3) is 0 Å². The molecule has 7 heteroatoms. The second-order valence-electron chi connectivity index (χ2n) is 7.69. The standard InChI is InChI=1S/C20H27N3O4/c1-3-14-8-4-5-9-15(14)12-21-16(24)19(2,27)13-23-17(25)20(22-18(23)26)10-6-7-11-20/h4-5,8-9,27H,3,6-7,10-13H2,1-2H3,(H,21,24)(H,22,26)/t19-/m0/s1. The molecule has 146 valence electrons. The summed E-state index contributed by atoms with van der Waals surface area (Å²) < 4.78 is 0. The summed E-state index contributed by atoms with van der Waals surface area (Å²) in [5.41, 5.74) is -0.610. The number of imide groups is 1. The number of aryl methyl sites for hydroxylation is 1. The maximum absolute atomic E-state index is 12.7. The number of rotatable bonds is 6. The minimum Gasteiger partial charge on any atom is -0.378 e. The van der Waals surface area contributed by atoms with Crippen molar-refractivity contribution in [1.82, 2.24) is 15.5 Å². The molecule has 2 fully saturated rings. The highest BCUT2D eigenvalue weighted by Gasteiger charge is 2.54. The van der Waals surface area contributed by atoms with Gasteiger partial charge in [0.05, 0.1) is 6.54 Å². The molecule has 0 bridgehead atoms. The van der Waals surface area contributed by atoms with Crippen LogP contribution in [0, 0.1) is 0 Å². The molecule has 0 radical (unpaired) electrons. The number of hydrogen-bond acceptors (Lipinski definition) is 4. The summed E-state index contributed by atoms with van der Waals surface area (Å²) >= 11 is 0. The van der Waals surface area contributed by atoms with Gasteiger partial charge in [0, 0.05) is 6.54 Å². The number of carbonyl (C=O) groups excluding carboxylic acids is 3. The molecule has 0 unspecified atom stereocenters. The molecule has 27 heavy (non-hydrogen) atoms. The largest absolute Gasteiger partial charge is 0.378 e. The van der Waals surface area contributed by atoms with Gasteiger partial charge in [-0.05, 0) is 37.3 Å². The summed E-state index contributed by atoms with van der Waals surface area (Å²) in [5, 5.41) is 16.1. The third kappa shape index (κ3) is 3.69. The molecule has 1 aliphatic heterocycles. The van der Waals surface area contributed by atoms with Gasteiger partial charge >= 0.3 is 6.03 Å². The van der Waals surface area contributed by atoms with E-state index in [1.807, 2.05) is 31.2 Å². The summed E-state index contributed by atoms with van der Waals surface area (Å²) in [7, 11) is 0. The predicted octanol–water partition coefficient (Wildman–Crippen LogP) is 1.48. The van der Waals surface area contributed by atoms with Gasteiger partial charge in [0.2, 0.25) is 0 Å². The Bertz CT molecular complexity index is 753. The zero-order valence-electron chi connectivity index (χ0n) is 15.9. The average molecular weight is 373 g/mol. The fraction of sp³-hybridized carbons (Fsp3) is 0.550. The number of hydrogen-bond donors (Lipinski definition) is 3. The monoisotopic (exact) mass is 373 g/mol. The van der Waals surface area contributed by atoms with Crippen molar-refractivity contribution in [3.8, 4) is 0 Å². The van der Waals surface area contributed by atoms with Crippen LogP contribution in [-0.4, -0.2) is 45.5 Å². The quantitative estimate of drug-likeness (QED) is 0.658. The van der Waals surface area contributed by atoms with Crippen LogP contribution < -0.4 is 10.6 Å². The Morgan fingerprint density at radius 1 is 1.26 bits per heavy atom. The Hall–Kier alpha value is -2.41. The number of nitrogens with zero attached hydrogens (tertiary/aromatic N) is 1. The van der Waals surface area contributed by atoms with E-state index in [9.17, 15) is 19.5 Å². The Kier molecular flexibility index (Phi) is 5.24. The van der Waals surface area contributed by atoms with Gasteiger partial charge in [0.25, 0.3) is 11.8 Å². The van der Waals surface area contributed by atoms with Crippen LogP contribution in [0.5, 0.6) is 0 Å². The van der Waals surface area contributed by atoms with Gasteiger partial charge in [-0.25, -0.2) is 4.79 Å². The molecule has 7 nitrogen and oxygen atoms in total. The lowest BCUT2D eigenvalue weighted by Crippen LogP contribution is -2.54. The highest BCUT2D eigenvalue weighted by Crippen LogP contribution is 2.35. The van der Waals surface area contributed by atoms with Crippen molar-refractivity contribution in [3.63, 3.8) is 0 Å². The second-order valence-corrected chi connectivity index (χ2v) is 7.69. The molecular weight excluding hydrogens is 346 g/mol. The number of amides is 4. The first-order chi connectivity index (χ1) is 12.8. The van der Waals surface area contributed by atoms with E-state index >= 15 is 0 Å². The number of nitrogens with one attached hydrogen (secondary N) is 2. The highest BCUT2D eigenvalue weighted by molar-refractivity contribution is 6.07. The minimum atomic E-state index is -1.86. The highest BCUT2D eigenvalue weighted by atomic mass is 16.3. The van der Waals surface area contributed by atoms with Gasteiger partial charge in [0.15, 0.2) is 5.60 Å². The Morgan fingerprint density at radius 2 is 1.89 bits per heavy atom. The maximum Gasteiger partial charge on any atom is 0.325 e. The first kappa shape index (κ1) is 19.4. The van der Waals surface area contributed by atoms with Gasteiger partial charge in [-0.1, -0.05) is 44.0 Å². The Labute approximate surface area is 159 Å². The number of benzene rings is 1. The molecule has 1 saturated heterocycles. The Balaban J connectivity index is 1.64. The van der Waals surface area contributed by atoms with Crippen molar-refractivity contribution >= 4 is 17.8 Å². The van der Waals surface area contributed by atoms with Gasteiger partial charge < -0.3 is 15.7 Å². The summed E-state index contributed by atoms with van der Waals surface area (Å²) in [6, 6.07) is 7.22. The zero-order chi connectivity index (χ0) is 19.7. The van der Waals surface area contributed by atoms with Crippen molar-refractivity contribution in [3.05, 3.63) is 35.4 Å². The maximum atomic E-state index is 12.7. The van der Waals surface area contributed by atoms with Crippen molar-refractivity contribution < 1.29 is 19.5 Å². The molecule has 3 rings (SSSR count). The summed E-state index contributed by atoms with van der Waals surface area (Å²) in [6.07, 6.45) is 3.82. The van der Waals surface area contributed by atoms with E-state index in [0.717, 1.165) is 35.3 Å². The fourth-order valence-corrected chi connectivity index (χ4v) is 3.96. The fourth-order valence-electron chi connectivity index (χ4n) is 3.96. The molecule has 1 heterocycles. The molecular formula is C20H27N3O4. The summed E-state index contributed by atoms with van der Waals surface area (Å²) in [5.74, 6) is -0.948. The van der Waals surface area contributed by atoms with Gasteiger partial charge in [-0.3, -0.25) is 14.5 Å². The molecule has 1 aromatic rings. The van der Waals surface area contributed by atoms with E-state index in [2.05, 4.69) is 10.6 Å². The van der Waals surface area contributed by atoms with Crippen LogP contribution in [0.15, 0.2) is 24.3 Å². The second kappa shape index (κ2) is 7.31. The number of carbonyl (C=O) groups is 3. The normalized spacial score (nSPS) is 20.6. The molecule has 1 atom stereocenters. The van der Waals surface area contributed by atoms with E-state index in [0.29, 0.717) is 12.8 Å². The van der Waals surface area contributed by atoms with Crippen molar-refractivity contribution in [2.24, 2.45) is 0 Å². The lowest BCUT2D eigenvalue weighted by Gasteiger charge is -2.27. The average Bonchev–Trinajstić information content (AvgIpc) is 3.20. The SMILES string of the molecule is CCc1ccccc1CNC(=O)[C@@](C)(O)CN1C(=O)NC2(CCCC2)C1=O. The van der Waals surface area contributed by atoms with E-state index in [1.165, 1.54) is 6.92 Å². The molecule has 1 spiro atoms. The van der Waals surface area contributed by atoms with E-state index < -0.39 is 23.1 Å². The molecule has 3 N–H and O–H groups in total. The zero-order valence-corrected chi connectivity index (χ0v) is 15.9. The predicted molar refractivity (Wildman–Crippen MR) is 99.7 cm³/mol. The van der Waals surface area contributed by atoms with Crippen LogP contribution in [0.1, 0.15) is 50.7 Å². The van der Waals surface area contributed by atoms with E-state index in [1.54, 1.807) is 0 Å². The lowest BCUT2D eigenvalue weighted by atomic mass is 9.97. The topological polar surface area (TPSA) is 98.7 Å². The third-order valence-corrected chi connectivity index (χ3v) is 5.60. The summed E-state index contributed by atoms with van der Waals surface area (Å²) in [6.45, 7) is 3.28. The van der Waals surface area contributed by atoms with Gasteiger partial charge in [-0.15, -0.1) is 0 Å². The summed E-state index contributed by atoms with van der Waals surface area (Å²) in [4.78, 5) is 38.5. The molecule has 1 aromatic carbocycles. The first-order valence-corrected chi connectivity index (χ1v) is 9.51. The van der Waals surface area contributed by atoms with Gasteiger partial charge in [-0.2, -0.15) is 0 Å². The van der Waals surface area contributed by atoms with Gasteiger partial charge in [0.1, 0.15) is 5.54 Å². The molecule has 0 aromatic heterocycles. The van der Waals surface area contributed by atoms with Crippen LogP contribution in [-0.2, 0) is 22.6 Å². The van der Waals surface area contributed by atoms with Crippen LogP contribution in [0.2, 0.25) is 0 Å². The van der Waals surface area contributed by atoms with Crippen molar-refractivity contribution in [2.45, 2.75) is 63.6 Å². The van der Waals surface area contributed by atoms with Crippen molar-refractivity contribution in [1.29, 1.82) is 0 Å².